The quantitative estimate of drug-likeness (QED) is 0.597. The van der Waals surface area contributed by atoms with E-state index < -0.39 is 49.3 Å². The normalized spacial score (nSPS) is 13.1. The molecule has 0 saturated carbocycles. The van der Waals surface area contributed by atoms with Gasteiger partial charge in [-0.3, -0.25) is 14.9 Å². The van der Waals surface area contributed by atoms with Crippen molar-refractivity contribution in [2.45, 2.75) is 24.8 Å². The molecule has 1 aromatic rings. The highest BCUT2D eigenvalue weighted by molar-refractivity contribution is 7.89. The van der Waals surface area contributed by atoms with Crippen LogP contribution in [0.15, 0.2) is 23.1 Å². The summed E-state index contributed by atoms with van der Waals surface area (Å²) >= 11 is 0. The number of nitro groups is 1. The lowest BCUT2D eigenvalue weighted by molar-refractivity contribution is -0.388. The first-order valence-corrected chi connectivity index (χ1v) is 7.24. The molecule has 0 amide bonds. The van der Waals surface area contributed by atoms with Gasteiger partial charge in [-0.25, -0.2) is 12.8 Å². The number of aliphatic carboxylic acids is 1. The molecule has 0 fully saturated rings. The van der Waals surface area contributed by atoms with Crippen molar-refractivity contribution in [1.29, 1.82) is 0 Å². The molecule has 0 bridgehead atoms. The zero-order valence-corrected chi connectivity index (χ0v) is 11.9. The number of carboxylic acids is 1. The number of hydrogen-bond acceptors (Lipinski definition) is 5. The molecule has 0 spiro atoms. The number of benzene rings is 1. The molecule has 1 rings (SSSR count). The van der Waals surface area contributed by atoms with Crippen LogP contribution in [0.5, 0.6) is 0 Å². The minimum Gasteiger partial charge on any atom is -0.480 e. The maximum absolute atomic E-state index is 13.7. The minimum absolute atomic E-state index is 0.636. The van der Waals surface area contributed by atoms with E-state index in [-0.39, 0.29) is 0 Å². The smallest absolute Gasteiger partial charge is 0.322 e. The Kier molecular flexibility index (Phi) is 4.97. The maximum Gasteiger partial charge on any atom is 0.322 e. The summed E-state index contributed by atoms with van der Waals surface area (Å²) in [6.45, 7) is 2.88. The van der Waals surface area contributed by atoms with Crippen LogP contribution < -0.4 is 4.72 Å². The standard InChI is InChI=1S/C11H13FN2O6S/c1-6(2)9(11(15)16)13-21(19,20)10-7(12)4-3-5-8(10)14(17)18/h3-6,9,13H,1-2H3,(H,15,16)/t9-/m1/s1. The predicted octanol–water partition coefficient (Wildman–Crippen LogP) is 1.12. The largest absolute Gasteiger partial charge is 0.480 e. The van der Waals surface area contributed by atoms with Gasteiger partial charge in [0.25, 0.3) is 15.7 Å². The van der Waals surface area contributed by atoms with E-state index >= 15 is 0 Å². The van der Waals surface area contributed by atoms with E-state index in [0.717, 1.165) is 18.2 Å². The number of rotatable bonds is 6. The molecule has 0 radical (unpaired) electrons. The van der Waals surface area contributed by atoms with E-state index in [0.29, 0.717) is 0 Å². The topological polar surface area (TPSA) is 127 Å². The molecule has 0 aliphatic carbocycles. The van der Waals surface area contributed by atoms with Gasteiger partial charge in [0.1, 0.15) is 11.9 Å². The Labute approximate surface area is 119 Å². The lowest BCUT2D eigenvalue weighted by Gasteiger charge is -2.18. The number of sulfonamides is 1. The van der Waals surface area contributed by atoms with Crippen LogP contribution in [0, 0.1) is 21.8 Å². The number of nitrogens with one attached hydrogen (secondary N) is 1. The molecule has 8 nitrogen and oxygen atoms in total. The van der Waals surface area contributed by atoms with Gasteiger partial charge < -0.3 is 5.11 Å². The predicted molar refractivity (Wildman–Crippen MR) is 69.6 cm³/mol. The molecule has 0 aliphatic heterocycles. The summed E-state index contributed by atoms with van der Waals surface area (Å²) in [7, 11) is -4.70. The fraction of sp³-hybridized carbons (Fsp3) is 0.364. The van der Waals surface area contributed by atoms with E-state index in [9.17, 15) is 27.7 Å². The fourth-order valence-electron chi connectivity index (χ4n) is 1.60. The third-order valence-electron chi connectivity index (χ3n) is 2.63. The zero-order chi connectivity index (χ0) is 16.4. The molecule has 0 saturated heterocycles. The molecular weight excluding hydrogens is 307 g/mol. The van der Waals surface area contributed by atoms with Crippen molar-refractivity contribution in [3.8, 4) is 0 Å². The van der Waals surface area contributed by atoms with Crippen LogP contribution in [-0.2, 0) is 14.8 Å². The lowest BCUT2D eigenvalue weighted by Crippen LogP contribution is -2.44. The third kappa shape index (κ3) is 3.73. The molecule has 1 atom stereocenters. The number of carboxylic acid groups (broad SMARTS) is 1. The van der Waals surface area contributed by atoms with E-state index in [1.54, 1.807) is 4.72 Å². The van der Waals surface area contributed by atoms with Crippen molar-refractivity contribution in [2.75, 3.05) is 0 Å². The molecular formula is C11H13FN2O6S. The second-order valence-corrected chi connectivity index (χ2v) is 6.18. The number of nitro benzene ring substituents is 1. The molecule has 0 heterocycles. The first-order chi connectivity index (χ1) is 9.58. The van der Waals surface area contributed by atoms with Crippen molar-refractivity contribution in [3.63, 3.8) is 0 Å². The molecule has 2 N–H and O–H groups in total. The highest BCUT2D eigenvalue weighted by Crippen LogP contribution is 2.26. The van der Waals surface area contributed by atoms with Crippen LogP contribution in [0.3, 0.4) is 0 Å². The SMILES string of the molecule is CC(C)[C@@H](NS(=O)(=O)c1c(F)cccc1[N+](=O)[O-])C(=O)O. The Morgan fingerprint density at radius 2 is 2.00 bits per heavy atom. The van der Waals surface area contributed by atoms with Crippen LogP contribution in [0.25, 0.3) is 0 Å². The number of halogens is 1. The summed E-state index contributed by atoms with van der Waals surface area (Å²) < 4.78 is 39.6. The highest BCUT2D eigenvalue weighted by atomic mass is 32.2. The van der Waals surface area contributed by atoms with Crippen LogP contribution in [0.2, 0.25) is 0 Å². The van der Waals surface area contributed by atoms with Crippen molar-refractivity contribution in [2.24, 2.45) is 5.92 Å². The number of nitrogens with zero attached hydrogens (tertiary/aromatic N) is 1. The van der Waals surface area contributed by atoms with E-state index in [4.69, 9.17) is 5.11 Å². The van der Waals surface area contributed by atoms with Crippen molar-refractivity contribution in [1.82, 2.24) is 4.72 Å². The van der Waals surface area contributed by atoms with Gasteiger partial charge in [-0.2, -0.15) is 4.72 Å². The Balaban J connectivity index is 3.38. The summed E-state index contributed by atoms with van der Waals surface area (Å²) in [6.07, 6.45) is 0. The van der Waals surface area contributed by atoms with Crippen molar-refractivity contribution < 1.29 is 27.6 Å². The Morgan fingerprint density at radius 1 is 1.43 bits per heavy atom. The van der Waals surface area contributed by atoms with Crippen LogP contribution >= 0.6 is 0 Å². The van der Waals surface area contributed by atoms with Crippen LogP contribution in [-0.4, -0.2) is 30.5 Å². The molecule has 116 valence electrons. The fourth-order valence-corrected chi connectivity index (χ4v) is 3.17. The summed E-state index contributed by atoms with van der Waals surface area (Å²) in [5.41, 5.74) is -0.963. The van der Waals surface area contributed by atoms with Gasteiger partial charge in [-0.1, -0.05) is 19.9 Å². The minimum atomic E-state index is -4.70. The summed E-state index contributed by atoms with van der Waals surface area (Å²) in [5.74, 6) is -3.43. The van der Waals surface area contributed by atoms with E-state index in [1.807, 2.05) is 0 Å². The van der Waals surface area contributed by atoms with Crippen LogP contribution in [0.4, 0.5) is 10.1 Å². The Hall–Kier alpha value is -2.07. The molecule has 0 aliphatic rings. The average molecular weight is 320 g/mol. The molecule has 21 heavy (non-hydrogen) atoms. The second-order valence-electron chi connectivity index (χ2n) is 4.53. The number of carbonyl (C=O) groups is 1. The Bertz CT molecular complexity index is 673. The van der Waals surface area contributed by atoms with Gasteiger partial charge in [0.2, 0.25) is 0 Å². The first kappa shape index (κ1) is 17.0. The lowest BCUT2D eigenvalue weighted by atomic mass is 10.1. The van der Waals surface area contributed by atoms with Gasteiger partial charge in [0, 0.05) is 6.07 Å². The van der Waals surface area contributed by atoms with Gasteiger partial charge >= 0.3 is 5.97 Å². The average Bonchev–Trinajstić information content (AvgIpc) is 2.34. The molecule has 10 heteroatoms. The summed E-state index contributed by atoms with van der Waals surface area (Å²) in [6, 6.07) is 1.02. The molecule has 0 unspecified atom stereocenters. The van der Waals surface area contributed by atoms with Gasteiger partial charge in [0.05, 0.1) is 4.92 Å². The second kappa shape index (κ2) is 6.14. The molecule has 0 aromatic heterocycles. The van der Waals surface area contributed by atoms with Gasteiger partial charge in [-0.15, -0.1) is 0 Å². The summed E-state index contributed by atoms with van der Waals surface area (Å²) in [4.78, 5) is 19.6. The first-order valence-electron chi connectivity index (χ1n) is 5.76. The number of hydrogen-bond donors (Lipinski definition) is 2. The molecule has 1 aromatic carbocycles. The van der Waals surface area contributed by atoms with Gasteiger partial charge in [0.15, 0.2) is 4.90 Å². The maximum atomic E-state index is 13.7. The highest BCUT2D eigenvalue weighted by Gasteiger charge is 2.34. The van der Waals surface area contributed by atoms with E-state index in [2.05, 4.69) is 0 Å². The van der Waals surface area contributed by atoms with Crippen molar-refractivity contribution >= 4 is 21.7 Å². The van der Waals surface area contributed by atoms with E-state index in [1.165, 1.54) is 13.8 Å². The van der Waals surface area contributed by atoms with Crippen LogP contribution in [0.1, 0.15) is 13.8 Å². The van der Waals surface area contributed by atoms with Crippen molar-refractivity contribution in [3.05, 3.63) is 34.1 Å². The monoisotopic (exact) mass is 320 g/mol. The summed E-state index contributed by atoms with van der Waals surface area (Å²) in [5, 5.41) is 19.8. The third-order valence-corrected chi connectivity index (χ3v) is 4.13. The van der Waals surface area contributed by atoms with Gasteiger partial charge in [-0.05, 0) is 12.0 Å². The Morgan fingerprint density at radius 3 is 2.43 bits per heavy atom. The zero-order valence-electron chi connectivity index (χ0n) is 11.1.